The second-order valence-corrected chi connectivity index (χ2v) is 6.10. The Hall–Kier alpha value is -1.42. The summed E-state index contributed by atoms with van der Waals surface area (Å²) in [6.45, 7) is 0. The fraction of sp³-hybridized carbons (Fsp3) is 0.118. The molecular formula is C17H14BrClN2. The van der Waals surface area contributed by atoms with Crippen LogP contribution in [0.3, 0.4) is 0 Å². The van der Waals surface area contributed by atoms with E-state index >= 15 is 0 Å². The maximum absolute atomic E-state index is 6.24. The first-order valence-corrected chi connectivity index (χ1v) is 7.82. The molecule has 1 atom stereocenters. The van der Waals surface area contributed by atoms with Crippen molar-refractivity contribution in [3.8, 4) is 0 Å². The summed E-state index contributed by atoms with van der Waals surface area (Å²) in [5, 5.41) is 6.43. The number of nitrogens with zero attached hydrogens (tertiary/aromatic N) is 1. The van der Waals surface area contributed by atoms with Gasteiger partial charge in [0, 0.05) is 22.3 Å². The molecule has 3 aromatic rings. The first-order chi connectivity index (χ1) is 10.2. The molecule has 0 radical (unpaired) electrons. The third-order valence-corrected chi connectivity index (χ3v) is 4.82. The van der Waals surface area contributed by atoms with Crippen molar-refractivity contribution in [2.45, 2.75) is 6.04 Å². The van der Waals surface area contributed by atoms with Crippen molar-refractivity contribution in [2.75, 3.05) is 7.05 Å². The Balaban J connectivity index is 2.16. The molecule has 21 heavy (non-hydrogen) atoms. The Morgan fingerprint density at radius 3 is 2.81 bits per heavy atom. The molecule has 0 aliphatic heterocycles. The summed E-state index contributed by atoms with van der Waals surface area (Å²) in [4.78, 5) is 4.19. The standard InChI is InChI=1S/C17H14BrClN2/c1-20-17(11-5-6-15(18)16(19)9-11)14-4-2-3-12-10-21-8-7-13(12)14/h2-10,17,20H,1H3. The van der Waals surface area contributed by atoms with Crippen LogP contribution in [-0.4, -0.2) is 12.0 Å². The molecule has 0 amide bonds. The fourth-order valence-corrected chi connectivity index (χ4v) is 3.03. The molecule has 0 aliphatic carbocycles. The largest absolute Gasteiger partial charge is 0.309 e. The molecule has 3 rings (SSSR count). The number of aromatic nitrogens is 1. The summed E-state index contributed by atoms with van der Waals surface area (Å²) in [6.07, 6.45) is 3.72. The molecule has 106 valence electrons. The van der Waals surface area contributed by atoms with Gasteiger partial charge in [-0.05, 0) is 57.7 Å². The van der Waals surface area contributed by atoms with Gasteiger partial charge >= 0.3 is 0 Å². The molecule has 1 heterocycles. The Kier molecular flexibility index (Phi) is 4.24. The summed E-state index contributed by atoms with van der Waals surface area (Å²) in [7, 11) is 1.96. The van der Waals surface area contributed by atoms with E-state index in [1.54, 1.807) is 0 Å². The molecule has 0 aliphatic rings. The molecule has 2 aromatic carbocycles. The van der Waals surface area contributed by atoms with Crippen LogP contribution in [-0.2, 0) is 0 Å². The lowest BCUT2D eigenvalue weighted by Gasteiger charge is -2.19. The third-order valence-electron chi connectivity index (χ3n) is 3.59. The van der Waals surface area contributed by atoms with Gasteiger partial charge in [-0.15, -0.1) is 0 Å². The number of hydrogen-bond donors (Lipinski definition) is 1. The SMILES string of the molecule is CNC(c1ccc(Br)c(Cl)c1)c1cccc2cnccc12. The number of fused-ring (bicyclic) bond motifs is 1. The quantitative estimate of drug-likeness (QED) is 0.713. The van der Waals surface area contributed by atoms with Crippen molar-refractivity contribution in [2.24, 2.45) is 0 Å². The second-order valence-electron chi connectivity index (χ2n) is 4.84. The average molecular weight is 362 g/mol. The molecule has 2 nitrogen and oxygen atoms in total. The maximum Gasteiger partial charge on any atom is 0.0580 e. The number of nitrogens with one attached hydrogen (secondary N) is 1. The van der Waals surface area contributed by atoms with Crippen molar-refractivity contribution in [3.63, 3.8) is 0 Å². The highest BCUT2D eigenvalue weighted by atomic mass is 79.9. The number of rotatable bonds is 3. The number of pyridine rings is 1. The van der Waals surface area contributed by atoms with Gasteiger partial charge in [0.25, 0.3) is 0 Å². The van der Waals surface area contributed by atoms with Crippen molar-refractivity contribution in [3.05, 3.63) is 75.5 Å². The third kappa shape index (κ3) is 2.82. The summed E-state index contributed by atoms with van der Waals surface area (Å²) in [5.74, 6) is 0. The van der Waals surface area contributed by atoms with E-state index in [9.17, 15) is 0 Å². The van der Waals surface area contributed by atoms with Crippen molar-refractivity contribution in [1.82, 2.24) is 10.3 Å². The van der Waals surface area contributed by atoms with Crippen molar-refractivity contribution < 1.29 is 0 Å². The molecule has 0 fully saturated rings. The molecule has 0 bridgehead atoms. The van der Waals surface area contributed by atoms with Gasteiger partial charge in [-0.25, -0.2) is 0 Å². The smallest absolute Gasteiger partial charge is 0.0580 e. The second kappa shape index (κ2) is 6.14. The molecule has 0 spiro atoms. The molecule has 0 saturated carbocycles. The van der Waals surface area contributed by atoms with E-state index in [1.807, 2.05) is 31.6 Å². The Morgan fingerprint density at radius 2 is 2.05 bits per heavy atom. The zero-order valence-electron chi connectivity index (χ0n) is 11.5. The zero-order valence-corrected chi connectivity index (χ0v) is 13.8. The minimum Gasteiger partial charge on any atom is -0.309 e. The summed E-state index contributed by atoms with van der Waals surface area (Å²) in [5.41, 5.74) is 2.35. The summed E-state index contributed by atoms with van der Waals surface area (Å²) < 4.78 is 0.907. The van der Waals surface area contributed by atoms with Gasteiger partial charge < -0.3 is 5.32 Å². The van der Waals surface area contributed by atoms with Gasteiger partial charge in [0.05, 0.1) is 11.1 Å². The van der Waals surface area contributed by atoms with Gasteiger partial charge in [0.15, 0.2) is 0 Å². The first kappa shape index (κ1) is 14.5. The van der Waals surface area contributed by atoms with Crippen LogP contribution in [0.15, 0.2) is 59.3 Å². The van der Waals surface area contributed by atoms with Crippen LogP contribution in [0.25, 0.3) is 10.8 Å². The van der Waals surface area contributed by atoms with Crippen LogP contribution in [0.4, 0.5) is 0 Å². The lowest BCUT2D eigenvalue weighted by atomic mass is 9.94. The van der Waals surface area contributed by atoms with E-state index in [4.69, 9.17) is 11.6 Å². The van der Waals surface area contributed by atoms with Crippen LogP contribution in [0.1, 0.15) is 17.2 Å². The van der Waals surface area contributed by atoms with Crippen LogP contribution >= 0.6 is 27.5 Å². The maximum atomic E-state index is 6.24. The topological polar surface area (TPSA) is 24.9 Å². The van der Waals surface area contributed by atoms with E-state index in [-0.39, 0.29) is 6.04 Å². The van der Waals surface area contributed by atoms with Crippen LogP contribution < -0.4 is 5.32 Å². The highest BCUT2D eigenvalue weighted by molar-refractivity contribution is 9.10. The van der Waals surface area contributed by atoms with Crippen LogP contribution in [0, 0.1) is 0 Å². The molecular weight excluding hydrogens is 348 g/mol. The minimum atomic E-state index is 0.0849. The van der Waals surface area contributed by atoms with Gasteiger partial charge in [0.1, 0.15) is 0 Å². The Morgan fingerprint density at radius 1 is 1.19 bits per heavy atom. The van der Waals surface area contributed by atoms with Gasteiger partial charge in [-0.2, -0.15) is 0 Å². The molecule has 1 aromatic heterocycles. The number of halogens is 2. The van der Waals surface area contributed by atoms with E-state index in [0.29, 0.717) is 0 Å². The Bertz CT molecular complexity index is 783. The monoisotopic (exact) mass is 360 g/mol. The lowest BCUT2D eigenvalue weighted by molar-refractivity contribution is 0.697. The highest BCUT2D eigenvalue weighted by Crippen LogP contribution is 2.32. The average Bonchev–Trinajstić information content (AvgIpc) is 2.52. The van der Waals surface area contributed by atoms with Gasteiger partial charge in [-0.3, -0.25) is 4.98 Å². The van der Waals surface area contributed by atoms with E-state index in [0.717, 1.165) is 20.4 Å². The number of benzene rings is 2. The van der Waals surface area contributed by atoms with Crippen molar-refractivity contribution in [1.29, 1.82) is 0 Å². The lowest BCUT2D eigenvalue weighted by Crippen LogP contribution is -2.18. The predicted octanol–water partition coefficient (Wildman–Crippen LogP) is 4.96. The Labute approximate surface area is 137 Å². The predicted molar refractivity (Wildman–Crippen MR) is 91.8 cm³/mol. The molecule has 1 N–H and O–H groups in total. The fourth-order valence-electron chi connectivity index (χ4n) is 2.59. The molecule has 4 heteroatoms. The van der Waals surface area contributed by atoms with E-state index in [2.05, 4.69) is 56.6 Å². The normalized spacial score (nSPS) is 12.5. The minimum absolute atomic E-state index is 0.0849. The van der Waals surface area contributed by atoms with E-state index in [1.165, 1.54) is 10.9 Å². The van der Waals surface area contributed by atoms with Gasteiger partial charge in [0.2, 0.25) is 0 Å². The summed E-state index contributed by atoms with van der Waals surface area (Å²) in [6, 6.07) is 14.5. The highest BCUT2D eigenvalue weighted by Gasteiger charge is 2.15. The first-order valence-electron chi connectivity index (χ1n) is 6.65. The summed E-state index contributed by atoms with van der Waals surface area (Å²) >= 11 is 9.67. The van der Waals surface area contributed by atoms with Crippen molar-refractivity contribution >= 4 is 38.3 Å². The van der Waals surface area contributed by atoms with Gasteiger partial charge in [-0.1, -0.05) is 35.9 Å². The van der Waals surface area contributed by atoms with E-state index < -0.39 is 0 Å². The molecule has 0 saturated heterocycles. The molecule has 1 unspecified atom stereocenters. The van der Waals surface area contributed by atoms with Crippen LogP contribution in [0.5, 0.6) is 0 Å². The number of hydrogen-bond acceptors (Lipinski definition) is 2. The zero-order chi connectivity index (χ0) is 14.8. The van der Waals surface area contributed by atoms with Crippen LogP contribution in [0.2, 0.25) is 5.02 Å².